The van der Waals surface area contributed by atoms with Gasteiger partial charge in [-0.05, 0) is 36.4 Å². The summed E-state index contributed by atoms with van der Waals surface area (Å²) in [6, 6.07) is 1.35. The lowest BCUT2D eigenvalue weighted by molar-refractivity contribution is -0.136. The second-order valence-corrected chi connectivity index (χ2v) is 5.26. The molecule has 0 spiro atoms. The highest BCUT2D eigenvalue weighted by Crippen LogP contribution is 2.16. The van der Waals surface area contributed by atoms with Gasteiger partial charge in [-0.25, -0.2) is 0 Å². The lowest BCUT2D eigenvalue weighted by Crippen LogP contribution is -2.51. The second-order valence-electron chi connectivity index (χ2n) is 4.31. The van der Waals surface area contributed by atoms with Gasteiger partial charge in [-0.15, -0.1) is 11.3 Å². The van der Waals surface area contributed by atoms with Crippen LogP contribution in [0.15, 0.2) is 17.5 Å². The number of carbonyl (C=O) groups is 3. The predicted molar refractivity (Wildman–Crippen MR) is 72.4 cm³/mol. The molecule has 1 saturated heterocycles. The number of aryl methyl sites for hydroxylation is 1. The average Bonchev–Trinajstić information content (AvgIpc) is 2.76. The maximum atomic E-state index is 11.7. The molecule has 2 heterocycles. The Kier molecular flexibility index (Phi) is 4.11. The molecular formula is C13H14N2O3S. The zero-order valence-corrected chi connectivity index (χ0v) is 11.3. The third kappa shape index (κ3) is 3.51. The fourth-order valence-corrected chi connectivity index (χ4v) is 2.58. The van der Waals surface area contributed by atoms with E-state index >= 15 is 0 Å². The molecule has 1 unspecified atom stereocenters. The van der Waals surface area contributed by atoms with E-state index in [-0.39, 0.29) is 18.2 Å². The summed E-state index contributed by atoms with van der Waals surface area (Å²) in [7, 11) is 0. The molecule has 2 N–H and O–H groups in total. The van der Waals surface area contributed by atoms with Crippen molar-refractivity contribution in [2.24, 2.45) is 0 Å². The monoisotopic (exact) mass is 278 g/mol. The molecule has 2 rings (SSSR count). The van der Waals surface area contributed by atoms with Crippen LogP contribution in [0.25, 0.3) is 6.08 Å². The molecular weight excluding hydrogens is 264 g/mol. The molecule has 1 fully saturated rings. The number of hydrogen-bond donors (Lipinski definition) is 2. The van der Waals surface area contributed by atoms with Crippen LogP contribution in [0.3, 0.4) is 0 Å². The number of imide groups is 1. The van der Waals surface area contributed by atoms with Gasteiger partial charge >= 0.3 is 0 Å². The molecule has 6 heteroatoms. The van der Waals surface area contributed by atoms with E-state index in [1.807, 2.05) is 18.4 Å². The molecule has 5 nitrogen and oxygen atoms in total. The molecule has 19 heavy (non-hydrogen) atoms. The number of nitrogens with one attached hydrogen (secondary N) is 2. The third-order valence-corrected chi connectivity index (χ3v) is 3.83. The Morgan fingerprint density at radius 1 is 1.53 bits per heavy atom. The Labute approximate surface area is 114 Å². The van der Waals surface area contributed by atoms with E-state index in [9.17, 15) is 14.4 Å². The van der Waals surface area contributed by atoms with Gasteiger partial charge in [0.1, 0.15) is 6.04 Å². The van der Waals surface area contributed by atoms with Crippen molar-refractivity contribution in [3.63, 3.8) is 0 Å². The van der Waals surface area contributed by atoms with Crippen molar-refractivity contribution in [1.82, 2.24) is 10.6 Å². The zero-order valence-electron chi connectivity index (χ0n) is 10.4. The number of hydrogen-bond acceptors (Lipinski definition) is 4. The van der Waals surface area contributed by atoms with Crippen LogP contribution < -0.4 is 10.6 Å². The van der Waals surface area contributed by atoms with E-state index in [2.05, 4.69) is 10.6 Å². The van der Waals surface area contributed by atoms with E-state index in [1.165, 1.54) is 6.08 Å². The number of thiophene rings is 1. The Morgan fingerprint density at radius 3 is 2.95 bits per heavy atom. The normalized spacial score (nSPS) is 19.5. The summed E-state index contributed by atoms with van der Waals surface area (Å²) in [4.78, 5) is 35.1. The third-order valence-electron chi connectivity index (χ3n) is 2.84. The fourth-order valence-electron chi connectivity index (χ4n) is 1.76. The van der Waals surface area contributed by atoms with Crippen molar-refractivity contribution in [1.29, 1.82) is 0 Å². The van der Waals surface area contributed by atoms with Crippen LogP contribution in [0.2, 0.25) is 0 Å². The largest absolute Gasteiger partial charge is 0.341 e. The van der Waals surface area contributed by atoms with Crippen molar-refractivity contribution in [3.8, 4) is 0 Å². The molecule has 0 aromatic carbocycles. The first-order valence-corrected chi connectivity index (χ1v) is 6.80. The van der Waals surface area contributed by atoms with Crippen LogP contribution in [0.5, 0.6) is 0 Å². The van der Waals surface area contributed by atoms with Crippen LogP contribution in [0, 0.1) is 6.92 Å². The average molecular weight is 278 g/mol. The molecule has 1 aromatic rings. The zero-order chi connectivity index (χ0) is 13.8. The summed E-state index contributed by atoms with van der Waals surface area (Å²) >= 11 is 1.55. The summed E-state index contributed by atoms with van der Waals surface area (Å²) in [6.07, 6.45) is 3.73. The van der Waals surface area contributed by atoms with Crippen LogP contribution in [-0.4, -0.2) is 23.8 Å². The lowest BCUT2D eigenvalue weighted by Gasteiger charge is -2.20. The first-order valence-electron chi connectivity index (χ1n) is 5.92. The lowest BCUT2D eigenvalue weighted by atomic mass is 10.1. The van der Waals surface area contributed by atoms with E-state index in [0.717, 1.165) is 10.4 Å². The SMILES string of the molecule is Cc1ccsc1C=CC(=O)NC1CCC(=O)NC1=O. The van der Waals surface area contributed by atoms with Gasteiger partial charge in [0.05, 0.1) is 0 Å². The van der Waals surface area contributed by atoms with Crippen molar-refractivity contribution < 1.29 is 14.4 Å². The van der Waals surface area contributed by atoms with E-state index in [1.54, 1.807) is 17.4 Å². The van der Waals surface area contributed by atoms with Gasteiger partial charge in [0.2, 0.25) is 17.7 Å². The minimum Gasteiger partial charge on any atom is -0.341 e. The minimum atomic E-state index is -0.626. The van der Waals surface area contributed by atoms with Gasteiger partial charge in [-0.2, -0.15) is 0 Å². The molecule has 0 radical (unpaired) electrons. The summed E-state index contributed by atoms with van der Waals surface area (Å²) in [5, 5.41) is 6.74. The smallest absolute Gasteiger partial charge is 0.249 e. The summed E-state index contributed by atoms with van der Waals surface area (Å²) < 4.78 is 0. The Bertz CT molecular complexity index is 548. The molecule has 1 aliphatic heterocycles. The Morgan fingerprint density at radius 2 is 2.32 bits per heavy atom. The van der Waals surface area contributed by atoms with Crippen LogP contribution in [-0.2, 0) is 14.4 Å². The fraction of sp³-hybridized carbons (Fsp3) is 0.308. The number of rotatable bonds is 3. The van der Waals surface area contributed by atoms with Crippen molar-refractivity contribution in [2.45, 2.75) is 25.8 Å². The summed E-state index contributed by atoms with van der Waals surface area (Å²) in [5.41, 5.74) is 1.11. The van der Waals surface area contributed by atoms with Gasteiger partial charge in [-0.3, -0.25) is 19.7 Å². The van der Waals surface area contributed by atoms with Crippen molar-refractivity contribution in [2.75, 3.05) is 0 Å². The topological polar surface area (TPSA) is 75.3 Å². The highest BCUT2D eigenvalue weighted by atomic mass is 32.1. The maximum absolute atomic E-state index is 11.7. The molecule has 0 bridgehead atoms. The van der Waals surface area contributed by atoms with E-state index in [0.29, 0.717) is 6.42 Å². The van der Waals surface area contributed by atoms with Crippen molar-refractivity contribution >= 4 is 35.1 Å². The molecule has 1 atom stereocenters. The predicted octanol–water partition coefficient (Wildman–Crippen LogP) is 0.991. The van der Waals surface area contributed by atoms with Gasteiger partial charge < -0.3 is 5.32 Å². The standard InChI is InChI=1S/C13H14N2O3S/c1-8-6-7-19-10(8)3-5-11(16)14-9-2-4-12(17)15-13(9)18/h3,5-7,9H,2,4H2,1H3,(H,14,16)(H,15,17,18). The van der Waals surface area contributed by atoms with E-state index in [4.69, 9.17) is 0 Å². The van der Waals surface area contributed by atoms with Gasteiger partial charge in [-0.1, -0.05) is 0 Å². The summed E-state index contributed by atoms with van der Waals surface area (Å²) in [6.45, 7) is 1.97. The maximum Gasteiger partial charge on any atom is 0.249 e. The molecule has 0 saturated carbocycles. The Hall–Kier alpha value is -1.95. The minimum absolute atomic E-state index is 0.254. The number of carbonyl (C=O) groups excluding carboxylic acids is 3. The van der Waals surface area contributed by atoms with Crippen LogP contribution in [0.4, 0.5) is 0 Å². The molecule has 100 valence electrons. The Balaban J connectivity index is 1.91. The first-order chi connectivity index (χ1) is 9.06. The highest BCUT2D eigenvalue weighted by molar-refractivity contribution is 7.11. The van der Waals surface area contributed by atoms with Gasteiger partial charge in [0.25, 0.3) is 0 Å². The molecule has 1 aromatic heterocycles. The summed E-state index contributed by atoms with van der Waals surface area (Å²) in [5.74, 6) is -1.06. The highest BCUT2D eigenvalue weighted by Gasteiger charge is 2.27. The molecule has 3 amide bonds. The molecule has 0 aliphatic carbocycles. The van der Waals surface area contributed by atoms with Crippen molar-refractivity contribution in [3.05, 3.63) is 28.0 Å². The second kappa shape index (κ2) is 5.79. The van der Waals surface area contributed by atoms with Gasteiger partial charge in [0.15, 0.2) is 0 Å². The number of piperidine rings is 1. The van der Waals surface area contributed by atoms with Gasteiger partial charge in [0, 0.05) is 17.4 Å². The van der Waals surface area contributed by atoms with Crippen LogP contribution >= 0.6 is 11.3 Å². The van der Waals surface area contributed by atoms with Crippen LogP contribution in [0.1, 0.15) is 23.3 Å². The quantitative estimate of drug-likeness (QED) is 0.639. The number of amides is 3. The molecule has 1 aliphatic rings. The first kappa shape index (κ1) is 13.5. The van der Waals surface area contributed by atoms with E-state index < -0.39 is 11.9 Å².